The fourth-order valence-electron chi connectivity index (χ4n) is 3.41. The number of pyridine rings is 1. The lowest BCUT2D eigenvalue weighted by Gasteiger charge is -2.35. The lowest BCUT2D eigenvalue weighted by Crippen LogP contribution is -2.38. The van der Waals surface area contributed by atoms with Crippen LogP contribution in [-0.4, -0.2) is 49.8 Å². The van der Waals surface area contributed by atoms with Gasteiger partial charge in [-0.2, -0.15) is 27.3 Å². The Bertz CT molecular complexity index is 1080. The van der Waals surface area contributed by atoms with Gasteiger partial charge in [-0.25, -0.2) is 0 Å². The molecule has 3 rings (SSSR count). The first kappa shape index (κ1) is 24.7. The number of nitrogens with zero attached hydrogens (tertiary/aromatic N) is 4. The summed E-state index contributed by atoms with van der Waals surface area (Å²) in [6.45, 7) is 1.21. The molecule has 0 fully saturated rings. The lowest BCUT2D eigenvalue weighted by atomic mass is 9.86. The van der Waals surface area contributed by atoms with Gasteiger partial charge in [0.1, 0.15) is 5.69 Å². The van der Waals surface area contributed by atoms with Crippen LogP contribution in [-0.2, 0) is 4.74 Å². The first-order valence-electron chi connectivity index (χ1n) is 9.71. The number of anilines is 1. The first-order valence-corrected chi connectivity index (χ1v) is 10.6. The van der Waals surface area contributed by atoms with Gasteiger partial charge in [0.05, 0.1) is 23.5 Å². The molecule has 2 aromatic rings. The first-order chi connectivity index (χ1) is 15.5. The summed E-state index contributed by atoms with van der Waals surface area (Å²) in [7, 11) is 0. The Hall–Kier alpha value is -2.93. The van der Waals surface area contributed by atoms with E-state index >= 15 is 0 Å². The number of aromatic nitrogens is 3. The smallest absolute Gasteiger partial charge is 0.345 e. The van der Waals surface area contributed by atoms with E-state index in [0.29, 0.717) is 22.4 Å². The highest BCUT2D eigenvalue weighted by Gasteiger charge is 2.37. The van der Waals surface area contributed by atoms with Crippen LogP contribution in [0.5, 0.6) is 0 Å². The molecule has 3 heterocycles. The van der Waals surface area contributed by atoms with Crippen molar-refractivity contribution in [2.75, 3.05) is 11.9 Å². The Kier molecular flexibility index (Phi) is 7.42. The zero-order chi connectivity index (χ0) is 24.3. The van der Waals surface area contributed by atoms with E-state index in [1.807, 2.05) is 0 Å². The summed E-state index contributed by atoms with van der Waals surface area (Å²) in [5.74, 6) is -0.773. The van der Waals surface area contributed by atoms with Crippen molar-refractivity contribution in [1.82, 2.24) is 14.8 Å². The van der Waals surface area contributed by atoms with Crippen molar-refractivity contribution >= 4 is 34.1 Å². The van der Waals surface area contributed by atoms with Crippen LogP contribution in [0.1, 0.15) is 41.8 Å². The van der Waals surface area contributed by atoms with E-state index in [-0.39, 0.29) is 34.1 Å². The summed E-state index contributed by atoms with van der Waals surface area (Å²) >= 11 is 1.14. The highest BCUT2D eigenvalue weighted by Crippen LogP contribution is 2.40. The molecular formula is C20H22F4N6O2S. The van der Waals surface area contributed by atoms with Crippen molar-refractivity contribution in [3.63, 3.8) is 0 Å². The van der Waals surface area contributed by atoms with Gasteiger partial charge in [0.2, 0.25) is 0 Å². The van der Waals surface area contributed by atoms with Crippen molar-refractivity contribution in [2.45, 2.75) is 44.2 Å². The van der Waals surface area contributed by atoms with E-state index in [9.17, 15) is 22.4 Å². The molecule has 0 saturated carbocycles. The average molecular weight is 486 g/mol. The molecule has 2 atom stereocenters. The van der Waals surface area contributed by atoms with Gasteiger partial charge >= 0.3 is 13.2 Å². The number of hydrogen-bond acceptors (Lipinski definition) is 7. The number of hydrogen-bond donors (Lipinski definition) is 2. The third-order valence-electron chi connectivity index (χ3n) is 4.93. The highest BCUT2D eigenvalue weighted by molar-refractivity contribution is 8.14. The number of ether oxygens (including phenoxy) is 1. The maximum absolute atomic E-state index is 13.1. The zero-order valence-electron chi connectivity index (χ0n) is 17.8. The van der Waals surface area contributed by atoms with Crippen LogP contribution in [0.15, 0.2) is 36.0 Å². The van der Waals surface area contributed by atoms with Crippen LogP contribution in [0.3, 0.4) is 0 Å². The molecule has 0 spiro atoms. The number of halogens is 4. The molecule has 0 unspecified atom stereocenters. The molecular weight excluding hydrogens is 464 g/mol. The number of nitrogens with two attached hydrogens (primary N) is 1. The topological polar surface area (TPSA) is 107 Å². The third-order valence-corrected chi connectivity index (χ3v) is 5.90. The fraction of sp³-hybridized carbons (Fsp3) is 0.400. The molecule has 8 nitrogen and oxygen atoms in total. The summed E-state index contributed by atoms with van der Waals surface area (Å²) in [4.78, 5) is 21.2. The molecule has 1 aliphatic rings. The van der Waals surface area contributed by atoms with E-state index in [1.165, 1.54) is 31.3 Å². The van der Waals surface area contributed by atoms with Gasteiger partial charge < -0.3 is 15.8 Å². The van der Waals surface area contributed by atoms with Crippen LogP contribution < -0.4 is 11.1 Å². The second kappa shape index (κ2) is 9.91. The number of amidine groups is 1. The standard InChI is InChI=1S/C20H22F4N6O2S/c1-10-6-15(30(29-10)17(21)22)16(31)27-12-4-5-26-14(7-12)11(2)20(3)8-13(9-32-18(23)24)33-19(25)28-20/h4-7,13,17-18H,2,8-9H2,1,3H3,(H2,25,28)(H,26,27,31)/t13-,20-/m0/s1. The Morgan fingerprint density at radius 3 is 2.82 bits per heavy atom. The van der Waals surface area contributed by atoms with Gasteiger partial charge in [-0.1, -0.05) is 18.3 Å². The molecule has 0 aromatic carbocycles. The minimum atomic E-state index is -2.97. The van der Waals surface area contributed by atoms with Gasteiger partial charge in [0, 0.05) is 17.1 Å². The van der Waals surface area contributed by atoms with Crippen molar-refractivity contribution in [3.05, 3.63) is 48.1 Å². The maximum Gasteiger partial charge on any atom is 0.345 e. The quantitative estimate of drug-likeness (QED) is 0.545. The molecule has 0 bridgehead atoms. The SMILES string of the molecule is C=C(c1cc(NC(=O)c2cc(C)nn2C(F)F)ccn1)[C@]1(C)C[C@@H](COC(F)F)SC(N)=N1. The van der Waals surface area contributed by atoms with Gasteiger partial charge in [0.25, 0.3) is 5.91 Å². The van der Waals surface area contributed by atoms with Crippen molar-refractivity contribution in [3.8, 4) is 0 Å². The summed E-state index contributed by atoms with van der Waals surface area (Å²) in [5, 5.41) is 5.99. The molecule has 1 aliphatic heterocycles. The van der Waals surface area contributed by atoms with Crippen molar-refractivity contribution < 1.29 is 27.1 Å². The summed E-state index contributed by atoms with van der Waals surface area (Å²) in [6, 6.07) is 4.25. The molecule has 1 amide bonds. The summed E-state index contributed by atoms with van der Waals surface area (Å²) in [5.41, 5.74) is 6.02. The third kappa shape index (κ3) is 5.90. The van der Waals surface area contributed by atoms with Crippen molar-refractivity contribution in [2.24, 2.45) is 10.7 Å². The Morgan fingerprint density at radius 1 is 1.42 bits per heavy atom. The number of thioether (sulfide) groups is 1. The normalized spacial score (nSPS) is 20.7. The van der Waals surface area contributed by atoms with Crippen molar-refractivity contribution in [1.29, 1.82) is 0 Å². The van der Waals surface area contributed by atoms with Crippen LogP contribution in [0.4, 0.5) is 23.2 Å². The lowest BCUT2D eigenvalue weighted by molar-refractivity contribution is -0.128. The second-order valence-electron chi connectivity index (χ2n) is 7.52. The van der Waals surface area contributed by atoms with Crippen LogP contribution in [0, 0.1) is 6.92 Å². The van der Waals surface area contributed by atoms with Crippen LogP contribution >= 0.6 is 11.8 Å². The van der Waals surface area contributed by atoms with E-state index in [2.05, 4.69) is 31.7 Å². The minimum Gasteiger partial charge on any atom is -0.379 e. The van der Waals surface area contributed by atoms with E-state index in [0.717, 1.165) is 11.8 Å². The molecule has 178 valence electrons. The fourth-order valence-corrected chi connectivity index (χ4v) is 4.56. The monoisotopic (exact) mass is 486 g/mol. The van der Waals surface area contributed by atoms with Gasteiger partial charge in [-0.05, 0) is 44.0 Å². The largest absolute Gasteiger partial charge is 0.379 e. The maximum atomic E-state index is 13.1. The number of alkyl halides is 4. The van der Waals surface area contributed by atoms with Gasteiger partial charge in [-0.3, -0.25) is 14.8 Å². The van der Waals surface area contributed by atoms with E-state index in [1.54, 1.807) is 6.92 Å². The van der Waals surface area contributed by atoms with E-state index < -0.39 is 24.6 Å². The summed E-state index contributed by atoms with van der Waals surface area (Å²) in [6.07, 6.45) is 1.73. The predicted octanol–water partition coefficient (Wildman–Crippen LogP) is 4.07. The molecule has 33 heavy (non-hydrogen) atoms. The molecule has 0 radical (unpaired) electrons. The molecule has 3 N–H and O–H groups in total. The molecule has 2 aromatic heterocycles. The highest BCUT2D eigenvalue weighted by atomic mass is 32.2. The molecule has 13 heteroatoms. The number of carbonyl (C=O) groups excluding carboxylic acids is 1. The summed E-state index contributed by atoms with van der Waals surface area (Å²) < 4.78 is 55.9. The van der Waals surface area contributed by atoms with E-state index in [4.69, 9.17) is 5.73 Å². The number of rotatable bonds is 8. The average Bonchev–Trinajstić information content (AvgIpc) is 3.13. The number of amides is 1. The number of aliphatic imine (C=N–C) groups is 1. The Morgan fingerprint density at radius 2 is 2.15 bits per heavy atom. The second-order valence-corrected chi connectivity index (χ2v) is 8.84. The number of nitrogens with one attached hydrogen (secondary N) is 1. The van der Waals surface area contributed by atoms with Gasteiger partial charge in [0.15, 0.2) is 5.17 Å². The number of aryl methyl sites for hydroxylation is 1. The zero-order valence-corrected chi connectivity index (χ0v) is 18.6. The van der Waals surface area contributed by atoms with Gasteiger partial charge in [-0.15, -0.1) is 0 Å². The molecule has 0 aliphatic carbocycles. The Balaban J connectivity index is 1.79. The Labute approximate surface area is 191 Å². The molecule has 0 saturated heterocycles. The number of carbonyl (C=O) groups is 1. The predicted molar refractivity (Wildman–Crippen MR) is 117 cm³/mol. The van der Waals surface area contributed by atoms with Crippen LogP contribution in [0.2, 0.25) is 0 Å². The van der Waals surface area contributed by atoms with Crippen LogP contribution in [0.25, 0.3) is 5.57 Å². The minimum absolute atomic E-state index is 0.202.